The Kier molecular flexibility index (Phi) is 4.77. The summed E-state index contributed by atoms with van der Waals surface area (Å²) < 4.78 is 5.61. The van der Waals surface area contributed by atoms with Crippen LogP contribution in [0, 0.1) is 0 Å². The summed E-state index contributed by atoms with van der Waals surface area (Å²) >= 11 is 0. The minimum Gasteiger partial charge on any atom is -0.374 e. The van der Waals surface area contributed by atoms with E-state index in [1.54, 1.807) is 0 Å². The Balaban J connectivity index is 1.76. The van der Waals surface area contributed by atoms with Crippen LogP contribution in [0.5, 0.6) is 0 Å². The molecule has 3 rings (SSSR count). The van der Waals surface area contributed by atoms with Crippen molar-refractivity contribution in [3.63, 3.8) is 0 Å². The van der Waals surface area contributed by atoms with Gasteiger partial charge in [0.2, 0.25) is 0 Å². The van der Waals surface area contributed by atoms with Gasteiger partial charge in [-0.3, -0.25) is 4.79 Å². The van der Waals surface area contributed by atoms with Gasteiger partial charge in [0.15, 0.2) is 0 Å². The number of nitrogens with one attached hydrogen (secondary N) is 1. The van der Waals surface area contributed by atoms with Gasteiger partial charge in [-0.25, -0.2) is 0 Å². The average Bonchev–Trinajstić information content (AvgIpc) is 3.39. The van der Waals surface area contributed by atoms with E-state index >= 15 is 0 Å². The molecule has 2 aromatic rings. The predicted octanol–water partition coefficient (Wildman–Crippen LogP) is 4.34. The fraction of sp³-hybridized carbons (Fsp3) is 0.350. The van der Waals surface area contributed by atoms with Crippen molar-refractivity contribution >= 4 is 5.91 Å². The largest absolute Gasteiger partial charge is 0.374 e. The predicted molar refractivity (Wildman–Crippen MR) is 92.4 cm³/mol. The molecule has 1 saturated carbocycles. The average molecular weight is 309 g/mol. The maximum Gasteiger partial charge on any atom is 0.251 e. The van der Waals surface area contributed by atoms with Crippen LogP contribution >= 0.6 is 0 Å². The molecule has 0 aromatic heterocycles. The third-order valence-corrected chi connectivity index (χ3v) is 4.17. The Morgan fingerprint density at radius 3 is 2.57 bits per heavy atom. The van der Waals surface area contributed by atoms with E-state index in [4.69, 9.17) is 4.74 Å². The van der Waals surface area contributed by atoms with Crippen LogP contribution in [0.1, 0.15) is 48.7 Å². The second kappa shape index (κ2) is 6.97. The highest BCUT2D eigenvalue weighted by Crippen LogP contribution is 2.25. The van der Waals surface area contributed by atoms with Crippen LogP contribution in [0.25, 0.3) is 11.1 Å². The smallest absolute Gasteiger partial charge is 0.251 e. The molecule has 0 aliphatic heterocycles. The van der Waals surface area contributed by atoms with Gasteiger partial charge in [-0.15, -0.1) is 0 Å². The number of hydrogen-bond acceptors (Lipinski definition) is 2. The first kappa shape index (κ1) is 15.8. The molecule has 2 aromatic carbocycles. The zero-order chi connectivity index (χ0) is 16.2. The summed E-state index contributed by atoms with van der Waals surface area (Å²) in [6, 6.07) is 16.5. The Labute approximate surface area is 137 Å². The molecule has 120 valence electrons. The van der Waals surface area contributed by atoms with Crippen LogP contribution in [-0.4, -0.2) is 18.6 Å². The van der Waals surface area contributed by atoms with Gasteiger partial charge in [-0.1, -0.05) is 36.4 Å². The van der Waals surface area contributed by atoms with Gasteiger partial charge in [0, 0.05) is 18.2 Å². The van der Waals surface area contributed by atoms with Gasteiger partial charge in [0.1, 0.15) is 0 Å². The second-order valence-corrected chi connectivity index (χ2v) is 6.05. The minimum absolute atomic E-state index is 0.0240. The van der Waals surface area contributed by atoms with Crippen LogP contribution in [-0.2, 0) is 4.74 Å². The molecule has 1 atom stereocenters. The number of ether oxygens (including phenoxy) is 1. The SMILES string of the molecule is CCOC(C)c1ccc(-c2cccc(C(=O)NC3CC3)c2)cc1. The zero-order valence-corrected chi connectivity index (χ0v) is 13.7. The molecule has 0 spiro atoms. The molecular weight excluding hydrogens is 286 g/mol. The van der Waals surface area contributed by atoms with Crippen molar-refractivity contribution in [2.24, 2.45) is 0 Å². The monoisotopic (exact) mass is 309 g/mol. The Bertz CT molecular complexity index is 674. The summed E-state index contributed by atoms with van der Waals surface area (Å²) in [6.45, 7) is 4.77. The zero-order valence-electron chi connectivity index (χ0n) is 13.7. The maximum absolute atomic E-state index is 12.2. The summed E-state index contributed by atoms with van der Waals surface area (Å²) in [5.74, 6) is 0.0240. The highest BCUT2D eigenvalue weighted by atomic mass is 16.5. The van der Waals surface area contributed by atoms with E-state index in [9.17, 15) is 4.79 Å². The van der Waals surface area contributed by atoms with Gasteiger partial charge in [-0.2, -0.15) is 0 Å². The second-order valence-electron chi connectivity index (χ2n) is 6.05. The fourth-order valence-electron chi connectivity index (χ4n) is 2.63. The number of carbonyl (C=O) groups is 1. The normalized spacial score (nSPS) is 15.2. The lowest BCUT2D eigenvalue weighted by Gasteiger charge is -2.12. The first-order valence-electron chi connectivity index (χ1n) is 8.30. The molecule has 1 unspecified atom stereocenters. The van der Waals surface area contributed by atoms with E-state index in [1.807, 2.05) is 31.2 Å². The van der Waals surface area contributed by atoms with E-state index in [-0.39, 0.29) is 12.0 Å². The van der Waals surface area contributed by atoms with Crippen molar-refractivity contribution in [1.82, 2.24) is 5.32 Å². The third kappa shape index (κ3) is 3.99. The first-order chi connectivity index (χ1) is 11.2. The first-order valence-corrected chi connectivity index (χ1v) is 8.30. The molecule has 1 aliphatic carbocycles. The lowest BCUT2D eigenvalue weighted by atomic mass is 10.0. The molecule has 1 amide bonds. The van der Waals surface area contributed by atoms with Crippen LogP contribution in [0.4, 0.5) is 0 Å². The standard InChI is InChI=1S/C20H23NO2/c1-3-23-14(2)15-7-9-16(10-8-15)17-5-4-6-18(13-17)20(22)21-19-11-12-19/h4-10,13-14,19H,3,11-12H2,1-2H3,(H,21,22). The van der Waals surface area contributed by atoms with E-state index in [0.717, 1.165) is 29.5 Å². The summed E-state index contributed by atoms with van der Waals surface area (Å²) in [5, 5.41) is 3.03. The molecule has 0 heterocycles. The van der Waals surface area contributed by atoms with Crippen LogP contribution < -0.4 is 5.32 Å². The Hall–Kier alpha value is -2.13. The quantitative estimate of drug-likeness (QED) is 0.862. The van der Waals surface area contributed by atoms with Gasteiger partial charge in [0.25, 0.3) is 5.91 Å². The molecule has 1 aliphatic rings. The number of rotatable bonds is 6. The number of hydrogen-bond donors (Lipinski definition) is 1. The van der Waals surface area contributed by atoms with Crippen LogP contribution in [0.2, 0.25) is 0 Å². The van der Waals surface area contributed by atoms with Gasteiger partial charge in [-0.05, 0) is 55.5 Å². The van der Waals surface area contributed by atoms with Crippen LogP contribution in [0.15, 0.2) is 48.5 Å². The molecule has 23 heavy (non-hydrogen) atoms. The lowest BCUT2D eigenvalue weighted by molar-refractivity contribution is 0.0764. The van der Waals surface area contributed by atoms with Crippen molar-refractivity contribution in [2.75, 3.05) is 6.61 Å². The van der Waals surface area contributed by atoms with Crippen LogP contribution in [0.3, 0.4) is 0 Å². The maximum atomic E-state index is 12.2. The van der Waals surface area contributed by atoms with Crippen molar-refractivity contribution in [2.45, 2.75) is 38.8 Å². The minimum atomic E-state index is 0.0240. The molecule has 3 heteroatoms. The van der Waals surface area contributed by atoms with Crippen molar-refractivity contribution in [3.8, 4) is 11.1 Å². The number of benzene rings is 2. The van der Waals surface area contributed by atoms with Crippen molar-refractivity contribution < 1.29 is 9.53 Å². The third-order valence-electron chi connectivity index (χ3n) is 4.17. The van der Waals surface area contributed by atoms with Gasteiger partial charge >= 0.3 is 0 Å². The summed E-state index contributed by atoms with van der Waals surface area (Å²) in [7, 11) is 0. The highest BCUT2D eigenvalue weighted by molar-refractivity contribution is 5.95. The summed E-state index contributed by atoms with van der Waals surface area (Å²) in [6.07, 6.45) is 2.31. The van der Waals surface area contributed by atoms with E-state index < -0.39 is 0 Å². The van der Waals surface area contributed by atoms with E-state index in [0.29, 0.717) is 12.6 Å². The molecule has 0 radical (unpaired) electrons. The topological polar surface area (TPSA) is 38.3 Å². The molecule has 0 bridgehead atoms. The molecule has 3 nitrogen and oxygen atoms in total. The van der Waals surface area contributed by atoms with E-state index in [1.165, 1.54) is 5.56 Å². The molecule has 1 N–H and O–H groups in total. The van der Waals surface area contributed by atoms with Crippen molar-refractivity contribution in [3.05, 3.63) is 59.7 Å². The summed E-state index contributed by atoms with van der Waals surface area (Å²) in [4.78, 5) is 12.2. The number of amides is 1. The van der Waals surface area contributed by atoms with Gasteiger partial charge in [0.05, 0.1) is 6.10 Å². The molecule has 1 fully saturated rings. The fourth-order valence-corrected chi connectivity index (χ4v) is 2.63. The Morgan fingerprint density at radius 1 is 1.17 bits per heavy atom. The summed E-state index contributed by atoms with van der Waals surface area (Å²) in [5.41, 5.74) is 4.06. The highest BCUT2D eigenvalue weighted by Gasteiger charge is 2.23. The molecular formula is C20H23NO2. The lowest BCUT2D eigenvalue weighted by Crippen LogP contribution is -2.25. The van der Waals surface area contributed by atoms with Crippen molar-refractivity contribution in [1.29, 1.82) is 0 Å². The van der Waals surface area contributed by atoms with Gasteiger partial charge < -0.3 is 10.1 Å². The Morgan fingerprint density at radius 2 is 1.91 bits per heavy atom. The molecule has 0 saturated heterocycles. The van der Waals surface area contributed by atoms with E-state index in [2.05, 4.69) is 36.5 Å². The number of carbonyl (C=O) groups excluding carboxylic acids is 1.